The summed E-state index contributed by atoms with van der Waals surface area (Å²) >= 11 is 0. The van der Waals surface area contributed by atoms with Crippen LogP contribution in [0.3, 0.4) is 0 Å². The second kappa shape index (κ2) is 6.89. The van der Waals surface area contributed by atoms with E-state index in [0.717, 1.165) is 4.68 Å². The molecule has 0 aromatic carbocycles. The fourth-order valence-corrected chi connectivity index (χ4v) is 1.27. The number of nitrogens with two attached hydrogens (primary N) is 1. The zero-order chi connectivity index (χ0) is 14.4. The molecule has 1 amide bonds. The molecule has 0 saturated carbocycles. The van der Waals surface area contributed by atoms with Gasteiger partial charge in [0.25, 0.3) is 5.56 Å². The smallest absolute Gasteiger partial charge is 0.270 e. The van der Waals surface area contributed by atoms with E-state index in [-0.39, 0.29) is 24.1 Å². The van der Waals surface area contributed by atoms with Gasteiger partial charge in [0, 0.05) is 25.7 Å². The molecule has 19 heavy (non-hydrogen) atoms. The molecule has 1 unspecified atom stereocenters. The minimum Gasteiger partial charge on any atom is -0.490 e. The molecular weight excluding hydrogens is 248 g/mol. The summed E-state index contributed by atoms with van der Waals surface area (Å²) in [5.41, 5.74) is 5.17. The molecule has 0 saturated heterocycles. The highest BCUT2D eigenvalue weighted by Crippen LogP contribution is 2.03. The molecule has 7 heteroatoms. The summed E-state index contributed by atoms with van der Waals surface area (Å²) in [5, 5.41) is 3.90. The zero-order valence-corrected chi connectivity index (χ0v) is 11.5. The summed E-state index contributed by atoms with van der Waals surface area (Å²) in [6, 6.07) is 1.18. The summed E-state index contributed by atoms with van der Waals surface area (Å²) in [6.45, 7) is 4.48. The molecule has 1 aromatic rings. The second-order valence-corrected chi connectivity index (χ2v) is 4.38. The molecule has 1 heterocycles. The molecule has 1 aromatic heterocycles. The number of carbonyl (C=O) groups is 1. The molecular formula is C12H20N4O3. The van der Waals surface area contributed by atoms with E-state index in [0.29, 0.717) is 18.9 Å². The van der Waals surface area contributed by atoms with Crippen molar-refractivity contribution in [2.45, 2.75) is 26.4 Å². The van der Waals surface area contributed by atoms with Crippen LogP contribution < -0.4 is 16.0 Å². The first kappa shape index (κ1) is 15.2. The van der Waals surface area contributed by atoms with E-state index in [1.165, 1.54) is 17.2 Å². The Bertz CT molecular complexity index is 484. The van der Waals surface area contributed by atoms with Crippen LogP contribution in [0, 0.1) is 0 Å². The highest BCUT2D eigenvalue weighted by Gasteiger charge is 2.10. The first-order chi connectivity index (χ1) is 8.93. The van der Waals surface area contributed by atoms with Crippen molar-refractivity contribution in [3.63, 3.8) is 0 Å². The highest BCUT2D eigenvalue weighted by atomic mass is 16.5. The van der Waals surface area contributed by atoms with Crippen LogP contribution in [0.5, 0.6) is 5.75 Å². The average Bonchev–Trinajstić information content (AvgIpc) is 2.38. The van der Waals surface area contributed by atoms with Crippen LogP contribution in [0.25, 0.3) is 0 Å². The van der Waals surface area contributed by atoms with Crippen molar-refractivity contribution in [3.05, 3.63) is 22.6 Å². The van der Waals surface area contributed by atoms with Crippen molar-refractivity contribution in [1.82, 2.24) is 14.7 Å². The number of amides is 1. The lowest BCUT2D eigenvalue weighted by Gasteiger charge is -2.14. The Hall–Kier alpha value is -1.89. The Balaban J connectivity index is 2.72. The Morgan fingerprint density at radius 2 is 2.32 bits per heavy atom. The molecule has 0 aliphatic rings. The van der Waals surface area contributed by atoms with Crippen molar-refractivity contribution < 1.29 is 9.53 Å². The topological polar surface area (TPSA) is 90.4 Å². The maximum atomic E-state index is 11.7. The van der Waals surface area contributed by atoms with Crippen molar-refractivity contribution in [1.29, 1.82) is 0 Å². The number of ether oxygens (including phenoxy) is 1. The molecule has 0 bridgehead atoms. The number of likely N-dealkylation sites (N-methyl/N-ethyl adjacent to an activating group) is 1. The molecule has 0 spiro atoms. The quantitative estimate of drug-likeness (QED) is 0.747. The molecule has 2 N–H and O–H groups in total. The van der Waals surface area contributed by atoms with Gasteiger partial charge in [-0.25, -0.2) is 4.68 Å². The van der Waals surface area contributed by atoms with Gasteiger partial charge < -0.3 is 15.4 Å². The lowest BCUT2D eigenvalue weighted by Crippen LogP contribution is -2.34. The van der Waals surface area contributed by atoms with Crippen LogP contribution >= 0.6 is 0 Å². The number of rotatable bonds is 6. The van der Waals surface area contributed by atoms with Crippen LogP contribution in [0.1, 0.15) is 13.8 Å². The molecule has 0 fully saturated rings. The maximum absolute atomic E-state index is 11.7. The molecule has 0 aliphatic carbocycles. The van der Waals surface area contributed by atoms with Crippen molar-refractivity contribution in [3.8, 4) is 5.75 Å². The first-order valence-electron chi connectivity index (χ1n) is 6.13. The lowest BCUT2D eigenvalue weighted by molar-refractivity contribution is -0.130. The number of carbonyl (C=O) groups excluding carboxylic acids is 1. The largest absolute Gasteiger partial charge is 0.490 e. The van der Waals surface area contributed by atoms with Crippen LogP contribution in [0.2, 0.25) is 0 Å². The Labute approximate surface area is 112 Å². The number of nitrogens with zero attached hydrogens (tertiary/aromatic N) is 3. The number of hydrogen-bond acceptors (Lipinski definition) is 5. The van der Waals surface area contributed by atoms with Crippen LogP contribution in [-0.4, -0.2) is 46.8 Å². The van der Waals surface area contributed by atoms with Gasteiger partial charge in [0.1, 0.15) is 18.9 Å². The third-order valence-corrected chi connectivity index (χ3v) is 2.54. The van der Waals surface area contributed by atoms with E-state index in [4.69, 9.17) is 10.5 Å². The predicted octanol–water partition coefficient (Wildman–Crippen LogP) is -0.552. The Kier molecular flexibility index (Phi) is 5.50. The van der Waals surface area contributed by atoms with Crippen LogP contribution in [0.15, 0.2) is 17.1 Å². The second-order valence-electron chi connectivity index (χ2n) is 4.38. The van der Waals surface area contributed by atoms with Crippen LogP contribution in [0.4, 0.5) is 0 Å². The first-order valence-corrected chi connectivity index (χ1v) is 6.13. The summed E-state index contributed by atoms with van der Waals surface area (Å²) in [5.74, 6) is 0.191. The third-order valence-electron chi connectivity index (χ3n) is 2.54. The van der Waals surface area contributed by atoms with Gasteiger partial charge in [-0.1, -0.05) is 0 Å². The monoisotopic (exact) mass is 268 g/mol. The van der Waals surface area contributed by atoms with E-state index in [1.54, 1.807) is 14.0 Å². The molecule has 0 aliphatic heterocycles. The zero-order valence-electron chi connectivity index (χ0n) is 11.5. The van der Waals surface area contributed by atoms with E-state index in [1.807, 2.05) is 6.92 Å². The fourth-order valence-electron chi connectivity index (χ4n) is 1.27. The van der Waals surface area contributed by atoms with Gasteiger partial charge in [-0.15, -0.1) is 0 Å². The van der Waals surface area contributed by atoms with Gasteiger partial charge in [0.2, 0.25) is 5.91 Å². The van der Waals surface area contributed by atoms with Gasteiger partial charge in [0.05, 0.1) is 6.20 Å². The normalized spacial score (nSPS) is 12.0. The van der Waals surface area contributed by atoms with Gasteiger partial charge >= 0.3 is 0 Å². The molecule has 7 nitrogen and oxygen atoms in total. The van der Waals surface area contributed by atoms with Crippen LogP contribution in [-0.2, 0) is 11.3 Å². The molecule has 0 radical (unpaired) electrons. The minimum atomic E-state index is -0.375. The van der Waals surface area contributed by atoms with Crippen molar-refractivity contribution >= 4 is 5.91 Å². The third kappa shape index (κ3) is 4.70. The van der Waals surface area contributed by atoms with E-state index < -0.39 is 0 Å². The molecule has 1 rings (SSSR count). The van der Waals surface area contributed by atoms with Crippen molar-refractivity contribution in [2.24, 2.45) is 5.73 Å². The minimum absolute atomic E-state index is 0.0727. The summed E-state index contributed by atoms with van der Waals surface area (Å²) < 4.78 is 6.39. The summed E-state index contributed by atoms with van der Waals surface area (Å²) in [6.07, 6.45) is 1.41. The fraction of sp³-hybridized carbons (Fsp3) is 0.583. The average molecular weight is 268 g/mol. The van der Waals surface area contributed by atoms with E-state index in [2.05, 4.69) is 5.10 Å². The van der Waals surface area contributed by atoms with Gasteiger partial charge in [-0.2, -0.15) is 5.10 Å². The highest BCUT2D eigenvalue weighted by molar-refractivity contribution is 5.75. The summed E-state index contributed by atoms with van der Waals surface area (Å²) in [4.78, 5) is 24.9. The van der Waals surface area contributed by atoms with Gasteiger partial charge in [-0.3, -0.25) is 9.59 Å². The van der Waals surface area contributed by atoms with E-state index in [9.17, 15) is 9.59 Å². The standard InChI is InChI=1S/C12H20N4O3/c1-4-15(3)12(18)7-16-11(17)5-10(6-14-16)19-8-9(2)13/h5-6,9H,4,7-8,13H2,1-3H3. The van der Waals surface area contributed by atoms with Gasteiger partial charge in [0.15, 0.2) is 0 Å². The van der Waals surface area contributed by atoms with Gasteiger partial charge in [-0.05, 0) is 13.8 Å². The number of aromatic nitrogens is 2. The maximum Gasteiger partial charge on any atom is 0.270 e. The Morgan fingerprint density at radius 1 is 1.63 bits per heavy atom. The van der Waals surface area contributed by atoms with Crippen molar-refractivity contribution in [2.75, 3.05) is 20.2 Å². The Morgan fingerprint density at radius 3 is 2.84 bits per heavy atom. The summed E-state index contributed by atoms with van der Waals surface area (Å²) in [7, 11) is 1.67. The van der Waals surface area contributed by atoms with E-state index >= 15 is 0 Å². The molecule has 1 atom stereocenters. The predicted molar refractivity (Wildman–Crippen MR) is 71.0 cm³/mol. The SMILES string of the molecule is CCN(C)C(=O)Cn1ncc(OCC(C)N)cc1=O. The number of hydrogen-bond donors (Lipinski definition) is 1. The lowest BCUT2D eigenvalue weighted by atomic mass is 10.4. The molecule has 106 valence electrons.